The molecule has 0 aliphatic carbocycles. The van der Waals surface area contributed by atoms with Crippen molar-refractivity contribution in [1.82, 2.24) is 15.5 Å². The predicted molar refractivity (Wildman–Crippen MR) is 98.2 cm³/mol. The van der Waals surface area contributed by atoms with Crippen molar-refractivity contribution in [2.75, 3.05) is 12.8 Å². The van der Waals surface area contributed by atoms with Crippen LogP contribution in [0.4, 0.5) is 0 Å². The van der Waals surface area contributed by atoms with Gasteiger partial charge in [-0.3, -0.25) is 14.5 Å². The van der Waals surface area contributed by atoms with E-state index < -0.39 is 18.1 Å². The lowest BCUT2D eigenvalue weighted by molar-refractivity contribution is -0.151. The van der Waals surface area contributed by atoms with Gasteiger partial charge >= 0.3 is 5.97 Å². The Morgan fingerprint density at radius 1 is 1.35 bits per heavy atom. The van der Waals surface area contributed by atoms with E-state index in [2.05, 4.69) is 10.6 Å². The highest BCUT2D eigenvalue weighted by atomic mass is 32.2. The summed E-state index contributed by atoms with van der Waals surface area (Å²) in [6, 6.07) is 7.94. The maximum atomic E-state index is 12.7. The summed E-state index contributed by atoms with van der Waals surface area (Å²) in [7, 11) is 1.68. The van der Waals surface area contributed by atoms with E-state index in [0.29, 0.717) is 12.2 Å². The third-order valence-electron chi connectivity index (χ3n) is 4.66. The summed E-state index contributed by atoms with van der Waals surface area (Å²) in [4.78, 5) is 38.1. The first-order valence-electron chi connectivity index (χ1n) is 8.42. The lowest BCUT2D eigenvalue weighted by Crippen LogP contribution is -2.71. The van der Waals surface area contributed by atoms with Gasteiger partial charge in [-0.15, -0.1) is 11.8 Å². The Hall–Kier alpha value is -2.32. The molecule has 2 heterocycles. The van der Waals surface area contributed by atoms with Crippen LogP contribution in [0.2, 0.25) is 0 Å². The first-order chi connectivity index (χ1) is 12.5. The zero-order valence-corrected chi connectivity index (χ0v) is 15.4. The molecule has 2 aliphatic heterocycles. The number of carbonyl (C=O) groups is 3. The number of β-lactam (4-membered cyclic amide) rings is 1. The number of rotatable bonds is 6. The summed E-state index contributed by atoms with van der Waals surface area (Å²) in [5, 5.41) is 14.8. The largest absolute Gasteiger partial charge is 0.477 e. The second-order valence-electron chi connectivity index (χ2n) is 6.14. The number of nitrogens with zero attached hydrogens (tertiary/aromatic N) is 1. The molecule has 0 bridgehead atoms. The van der Waals surface area contributed by atoms with E-state index in [1.807, 2.05) is 37.3 Å². The molecule has 8 heteroatoms. The summed E-state index contributed by atoms with van der Waals surface area (Å²) in [6.45, 7) is 1.88. The molecule has 0 radical (unpaired) electrons. The van der Waals surface area contributed by atoms with Crippen LogP contribution in [-0.2, 0) is 14.4 Å². The fourth-order valence-electron chi connectivity index (χ4n) is 3.29. The Bertz CT molecular complexity index is 765. The Kier molecular flexibility index (Phi) is 5.33. The molecule has 26 heavy (non-hydrogen) atoms. The number of carboxylic acid groups (broad SMARTS) is 1. The molecule has 1 saturated heterocycles. The second-order valence-corrected chi connectivity index (χ2v) is 7.24. The minimum absolute atomic E-state index is 0.0694. The minimum atomic E-state index is -1.09. The SMILES string of the molecule is CCC1=C(C(=O)O)N2C(=O)C(NC(=O)[C@@H](NC)c3ccccc3)C2SC1. The quantitative estimate of drug-likeness (QED) is 0.644. The minimum Gasteiger partial charge on any atom is -0.477 e. The summed E-state index contributed by atoms with van der Waals surface area (Å²) in [5.74, 6) is -1.23. The van der Waals surface area contributed by atoms with E-state index in [4.69, 9.17) is 0 Å². The van der Waals surface area contributed by atoms with Gasteiger partial charge in [0.25, 0.3) is 5.91 Å². The molecule has 2 unspecified atom stereocenters. The highest BCUT2D eigenvalue weighted by Crippen LogP contribution is 2.41. The summed E-state index contributed by atoms with van der Waals surface area (Å²) < 4.78 is 0. The number of hydrogen-bond acceptors (Lipinski definition) is 5. The fraction of sp³-hybridized carbons (Fsp3) is 0.389. The summed E-state index contributed by atoms with van der Waals surface area (Å²) in [5.41, 5.74) is 1.61. The number of aliphatic carboxylic acids is 1. The van der Waals surface area contributed by atoms with Gasteiger partial charge in [-0.2, -0.15) is 0 Å². The van der Waals surface area contributed by atoms with E-state index in [9.17, 15) is 19.5 Å². The van der Waals surface area contributed by atoms with Gasteiger partial charge in [0.05, 0.1) is 0 Å². The number of fused-ring (bicyclic) bond motifs is 1. The summed E-state index contributed by atoms with van der Waals surface area (Å²) >= 11 is 1.48. The van der Waals surface area contributed by atoms with E-state index >= 15 is 0 Å². The van der Waals surface area contributed by atoms with Crippen molar-refractivity contribution in [3.05, 3.63) is 47.2 Å². The van der Waals surface area contributed by atoms with Crippen LogP contribution in [0.15, 0.2) is 41.6 Å². The third-order valence-corrected chi connectivity index (χ3v) is 6.00. The smallest absolute Gasteiger partial charge is 0.352 e. The van der Waals surface area contributed by atoms with Gasteiger partial charge in [-0.05, 0) is 24.6 Å². The molecule has 1 fully saturated rings. The standard InChI is InChI=1S/C18H21N3O4S/c1-3-10-9-26-17-13(16(23)21(17)14(10)18(24)25)20-15(22)12(19-2)11-7-5-4-6-8-11/h4-8,12-13,17,19H,3,9H2,1-2H3,(H,20,22)(H,24,25)/t12-,13?,17?/m0/s1. The fourth-order valence-corrected chi connectivity index (χ4v) is 4.73. The Balaban J connectivity index is 1.75. The van der Waals surface area contributed by atoms with E-state index in [-0.39, 0.29) is 22.9 Å². The zero-order valence-electron chi connectivity index (χ0n) is 14.6. The van der Waals surface area contributed by atoms with E-state index in [1.54, 1.807) is 7.05 Å². The molecule has 138 valence electrons. The number of carbonyl (C=O) groups excluding carboxylic acids is 2. The number of hydrogen-bond donors (Lipinski definition) is 3. The van der Waals surface area contributed by atoms with Crippen LogP contribution in [0.1, 0.15) is 24.9 Å². The van der Waals surface area contributed by atoms with Gasteiger partial charge in [0, 0.05) is 5.75 Å². The Labute approximate surface area is 155 Å². The van der Waals surface area contributed by atoms with Crippen LogP contribution in [0.5, 0.6) is 0 Å². The topological polar surface area (TPSA) is 98.7 Å². The van der Waals surface area contributed by atoms with Crippen molar-refractivity contribution in [1.29, 1.82) is 0 Å². The van der Waals surface area contributed by atoms with Crippen LogP contribution in [-0.4, -0.2) is 52.0 Å². The molecular weight excluding hydrogens is 354 g/mol. The third kappa shape index (κ3) is 3.10. The maximum Gasteiger partial charge on any atom is 0.352 e. The van der Waals surface area contributed by atoms with Crippen molar-refractivity contribution in [3.8, 4) is 0 Å². The van der Waals surface area contributed by atoms with Gasteiger partial charge in [0.1, 0.15) is 23.2 Å². The average Bonchev–Trinajstić information content (AvgIpc) is 2.66. The number of thioether (sulfide) groups is 1. The van der Waals surface area contributed by atoms with Crippen LogP contribution in [0.3, 0.4) is 0 Å². The van der Waals surface area contributed by atoms with Gasteiger partial charge in [0.2, 0.25) is 5.91 Å². The van der Waals surface area contributed by atoms with Crippen LogP contribution in [0.25, 0.3) is 0 Å². The highest BCUT2D eigenvalue weighted by Gasteiger charge is 2.54. The number of carboxylic acids is 1. The van der Waals surface area contributed by atoms with Gasteiger partial charge < -0.3 is 15.7 Å². The molecule has 3 N–H and O–H groups in total. The van der Waals surface area contributed by atoms with Crippen molar-refractivity contribution in [2.24, 2.45) is 0 Å². The first-order valence-corrected chi connectivity index (χ1v) is 9.47. The lowest BCUT2D eigenvalue weighted by Gasteiger charge is -2.49. The lowest BCUT2D eigenvalue weighted by atomic mass is 10.0. The Morgan fingerprint density at radius 2 is 2.04 bits per heavy atom. The first kappa shape index (κ1) is 18.5. The van der Waals surface area contributed by atoms with Crippen molar-refractivity contribution < 1.29 is 19.5 Å². The molecule has 0 spiro atoms. The predicted octanol–water partition coefficient (Wildman–Crippen LogP) is 1.10. The molecular formula is C18H21N3O4S. The van der Waals surface area contributed by atoms with Gasteiger partial charge in [-0.1, -0.05) is 37.3 Å². The number of likely N-dealkylation sites (N-methyl/N-ethyl adjacent to an activating group) is 1. The van der Waals surface area contributed by atoms with E-state index in [1.165, 1.54) is 16.7 Å². The molecule has 2 amide bonds. The van der Waals surface area contributed by atoms with Gasteiger partial charge in [-0.25, -0.2) is 4.79 Å². The number of amides is 2. The van der Waals surface area contributed by atoms with Crippen LogP contribution < -0.4 is 10.6 Å². The highest BCUT2D eigenvalue weighted by molar-refractivity contribution is 8.00. The Morgan fingerprint density at radius 3 is 2.62 bits per heavy atom. The molecule has 1 aromatic rings. The molecule has 3 rings (SSSR count). The maximum absolute atomic E-state index is 12.7. The molecule has 0 saturated carbocycles. The number of nitrogens with one attached hydrogen (secondary N) is 2. The number of benzene rings is 1. The molecule has 3 atom stereocenters. The molecule has 0 aromatic heterocycles. The molecule has 1 aromatic carbocycles. The summed E-state index contributed by atoms with van der Waals surface area (Å²) in [6.07, 6.45) is 0.581. The monoisotopic (exact) mass is 375 g/mol. The van der Waals surface area contributed by atoms with Crippen LogP contribution >= 0.6 is 11.8 Å². The second kappa shape index (κ2) is 7.51. The van der Waals surface area contributed by atoms with Crippen LogP contribution in [0, 0.1) is 0 Å². The van der Waals surface area contributed by atoms with Crippen molar-refractivity contribution in [2.45, 2.75) is 30.8 Å². The van der Waals surface area contributed by atoms with Gasteiger partial charge in [0.15, 0.2) is 0 Å². The normalized spacial score (nSPS) is 23.2. The molecule has 7 nitrogen and oxygen atoms in total. The average molecular weight is 375 g/mol. The van der Waals surface area contributed by atoms with Crippen molar-refractivity contribution in [3.63, 3.8) is 0 Å². The molecule has 2 aliphatic rings. The van der Waals surface area contributed by atoms with E-state index in [0.717, 1.165) is 11.1 Å². The van der Waals surface area contributed by atoms with Crippen molar-refractivity contribution >= 4 is 29.5 Å². The zero-order chi connectivity index (χ0) is 18.8.